The molecule has 0 aliphatic carbocycles. The molecule has 6 atom stereocenters. The average molecular weight is 416 g/mol. The van der Waals surface area contributed by atoms with Crippen LogP contribution in [0.3, 0.4) is 0 Å². The summed E-state index contributed by atoms with van der Waals surface area (Å²) in [6.07, 6.45) is -10.1. The van der Waals surface area contributed by atoms with E-state index in [1.54, 1.807) is 6.92 Å². The largest absolute Gasteiger partial charge is 1.00 e. The van der Waals surface area contributed by atoms with E-state index in [2.05, 4.69) is 5.32 Å². The number of carbonyl (C=O) groups is 3. The maximum atomic E-state index is 11.9. The maximum absolute atomic E-state index is 11.9. The molecular weight excluding hydrogens is 391 g/mol. The molecule has 0 spiro atoms. The van der Waals surface area contributed by atoms with E-state index in [9.17, 15) is 34.8 Å². The number of hydrogen-bond acceptors (Lipinski definition) is 10. The van der Waals surface area contributed by atoms with Gasteiger partial charge in [-0.1, -0.05) is 20.3 Å². The Hall–Kier alpha value is -1.15. The molecule has 6 N–H and O–H groups in total. The molecule has 1 unspecified atom stereocenters. The van der Waals surface area contributed by atoms with E-state index < -0.39 is 54.2 Å². The number of rotatable bonds is 8. The van der Waals surface area contributed by atoms with Crippen LogP contribution < -0.4 is 45.7 Å². The van der Waals surface area contributed by atoms with Crippen molar-refractivity contribution in [3.05, 3.63) is 0 Å². The molecule has 0 aromatic carbocycles. The van der Waals surface area contributed by atoms with Crippen LogP contribution in [0.25, 0.3) is 0 Å². The number of primary amides is 1. The molecule has 0 saturated carbocycles. The Balaban J connectivity index is 0.00000729. The molecule has 1 rings (SSSR count). The van der Waals surface area contributed by atoms with E-state index in [4.69, 9.17) is 19.9 Å². The standard InChI is InChI=1S/C15H26N2O10.Na/c1-3-4-15(2,5-25-13(16)23)6-26-14(24)17-11-9(20)7(18)8(19)10(27-11)12(21)22;/h7-11,18-20H,3-6H2,1-2H3,(H2,16,23)(H,17,24)(H,21,22);/q;+1/p-1/t7-,8-,9+,10-,11+,15?;/m0./s1. The molecule has 28 heavy (non-hydrogen) atoms. The SMILES string of the molecule is CCCC(C)(COC(N)=O)COC(=O)N[C@@H]1O[C@H](C(=O)[O-])[C@@H](O)[C@H](O)[C@H]1O.[Na+]. The molecule has 1 aliphatic heterocycles. The first-order valence-corrected chi connectivity index (χ1v) is 8.27. The van der Waals surface area contributed by atoms with Gasteiger partial charge in [0.25, 0.3) is 0 Å². The van der Waals surface area contributed by atoms with Gasteiger partial charge >= 0.3 is 41.7 Å². The fraction of sp³-hybridized carbons (Fsp3) is 0.800. The zero-order valence-electron chi connectivity index (χ0n) is 16.0. The Morgan fingerprint density at radius 1 is 1.14 bits per heavy atom. The number of carboxylic acids is 1. The number of amides is 2. The zero-order chi connectivity index (χ0) is 20.8. The van der Waals surface area contributed by atoms with Gasteiger partial charge in [0.2, 0.25) is 0 Å². The third kappa shape index (κ3) is 7.70. The fourth-order valence-electron chi connectivity index (χ4n) is 2.63. The minimum Gasteiger partial charge on any atom is -0.547 e. The Morgan fingerprint density at radius 3 is 2.21 bits per heavy atom. The molecule has 1 saturated heterocycles. The monoisotopic (exact) mass is 416 g/mol. The van der Waals surface area contributed by atoms with Crippen LogP contribution in [0.4, 0.5) is 9.59 Å². The van der Waals surface area contributed by atoms with Crippen LogP contribution >= 0.6 is 0 Å². The van der Waals surface area contributed by atoms with E-state index in [0.717, 1.165) is 0 Å². The number of alkyl carbamates (subject to hydrolysis) is 1. The average Bonchev–Trinajstić information content (AvgIpc) is 2.59. The van der Waals surface area contributed by atoms with E-state index >= 15 is 0 Å². The van der Waals surface area contributed by atoms with Crippen molar-refractivity contribution in [1.82, 2.24) is 5.32 Å². The van der Waals surface area contributed by atoms with Crippen molar-refractivity contribution in [3.63, 3.8) is 0 Å². The van der Waals surface area contributed by atoms with Crippen molar-refractivity contribution in [1.29, 1.82) is 0 Å². The van der Waals surface area contributed by atoms with Crippen LogP contribution in [0.1, 0.15) is 26.7 Å². The number of carbonyl (C=O) groups excluding carboxylic acids is 3. The van der Waals surface area contributed by atoms with E-state index in [1.165, 1.54) is 0 Å². The second-order valence-corrected chi connectivity index (χ2v) is 6.66. The van der Waals surface area contributed by atoms with Gasteiger partial charge in [-0.05, 0) is 6.42 Å². The van der Waals surface area contributed by atoms with Crippen LogP contribution in [0.5, 0.6) is 0 Å². The summed E-state index contributed by atoms with van der Waals surface area (Å²) in [5.41, 5.74) is 4.20. The first-order chi connectivity index (χ1) is 12.5. The molecule has 12 nitrogen and oxygen atoms in total. The van der Waals surface area contributed by atoms with Crippen LogP contribution in [0, 0.1) is 5.41 Å². The second-order valence-electron chi connectivity index (χ2n) is 6.66. The van der Waals surface area contributed by atoms with Crippen molar-refractivity contribution in [3.8, 4) is 0 Å². The molecule has 0 aromatic rings. The summed E-state index contributed by atoms with van der Waals surface area (Å²) < 4.78 is 14.6. The molecule has 13 heteroatoms. The first-order valence-electron chi connectivity index (χ1n) is 8.27. The summed E-state index contributed by atoms with van der Waals surface area (Å²) in [4.78, 5) is 33.6. The van der Waals surface area contributed by atoms with Gasteiger partial charge in [0.15, 0.2) is 6.23 Å². The minimum absolute atomic E-state index is 0. The molecule has 2 amide bonds. The van der Waals surface area contributed by atoms with E-state index in [1.807, 2.05) is 6.92 Å². The van der Waals surface area contributed by atoms with Gasteiger partial charge in [-0.3, -0.25) is 5.32 Å². The summed E-state index contributed by atoms with van der Waals surface area (Å²) in [6, 6.07) is 0. The van der Waals surface area contributed by atoms with E-state index in [0.29, 0.717) is 12.8 Å². The van der Waals surface area contributed by atoms with Crippen LogP contribution in [-0.2, 0) is 19.0 Å². The van der Waals surface area contributed by atoms with Crippen molar-refractivity contribution >= 4 is 18.2 Å². The van der Waals surface area contributed by atoms with Crippen LogP contribution in [0.15, 0.2) is 0 Å². The number of aliphatic hydroxyl groups excluding tert-OH is 3. The molecule has 0 bridgehead atoms. The Morgan fingerprint density at radius 2 is 1.71 bits per heavy atom. The van der Waals surface area contributed by atoms with Gasteiger partial charge in [0.1, 0.15) is 37.6 Å². The summed E-state index contributed by atoms with van der Waals surface area (Å²) in [5.74, 6) is -1.83. The third-order valence-electron chi connectivity index (χ3n) is 4.07. The maximum Gasteiger partial charge on any atom is 1.00 e. The topological polar surface area (TPSA) is 201 Å². The summed E-state index contributed by atoms with van der Waals surface area (Å²) in [7, 11) is 0. The smallest absolute Gasteiger partial charge is 0.547 e. The first kappa shape index (κ1) is 26.9. The number of aliphatic hydroxyl groups is 3. The number of aliphatic carboxylic acids is 1. The molecule has 1 aliphatic rings. The van der Waals surface area contributed by atoms with Crippen molar-refractivity contribution < 1.29 is 78.6 Å². The molecule has 0 aromatic heterocycles. The summed E-state index contributed by atoms with van der Waals surface area (Å²) >= 11 is 0. The normalized spacial score (nSPS) is 29.0. The summed E-state index contributed by atoms with van der Waals surface area (Å²) in [5, 5.41) is 42.0. The van der Waals surface area contributed by atoms with Crippen LogP contribution in [0.2, 0.25) is 0 Å². The van der Waals surface area contributed by atoms with Crippen molar-refractivity contribution in [2.24, 2.45) is 11.1 Å². The Bertz CT molecular complexity index is 551. The van der Waals surface area contributed by atoms with E-state index in [-0.39, 0.29) is 42.8 Å². The molecule has 1 fully saturated rings. The number of nitrogens with one attached hydrogen (secondary N) is 1. The van der Waals surface area contributed by atoms with Crippen LogP contribution in [-0.4, -0.2) is 77.3 Å². The quantitative estimate of drug-likeness (QED) is 0.237. The van der Waals surface area contributed by atoms with Gasteiger partial charge < -0.3 is 45.2 Å². The zero-order valence-corrected chi connectivity index (χ0v) is 18.0. The minimum atomic E-state index is -1.96. The van der Waals surface area contributed by atoms with Gasteiger partial charge in [0.05, 0.1) is 5.97 Å². The summed E-state index contributed by atoms with van der Waals surface area (Å²) in [6.45, 7) is 3.30. The number of nitrogens with two attached hydrogens (primary N) is 1. The second kappa shape index (κ2) is 11.8. The van der Waals surface area contributed by atoms with Gasteiger partial charge in [-0.15, -0.1) is 0 Å². The van der Waals surface area contributed by atoms with Crippen molar-refractivity contribution in [2.45, 2.75) is 57.3 Å². The molecule has 0 radical (unpaired) electrons. The predicted octanol–water partition coefficient (Wildman–Crippen LogP) is -5.82. The van der Waals surface area contributed by atoms with Crippen molar-refractivity contribution in [2.75, 3.05) is 13.2 Å². The Kier molecular flexibility index (Phi) is 11.3. The predicted molar refractivity (Wildman–Crippen MR) is 84.7 cm³/mol. The molecule has 1 heterocycles. The van der Waals surface area contributed by atoms with Gasteiger partial charge in [0, 0.05) is 5.41 Å². The fourth-order valence-corrected chi connectivity index (χ4v) is 2.63. The number of carboxylic acid groups (broad SMARTS) is 1. The molecular formula is C15H25N2NaO10. The number of hydrogen-bond donors (Lipinski definition) is 5. The molecule has 156 valence electrons. The Labute approximate surface area is 183 Å². The van der Waals surface area contributed by atoms with Gasteiger partial charge in [-0.25, -0.2) is 9.59 Å². The van der Waals surface area contributed by atoms with Gasteiger partial charge in [-0.2, -0.15) is 0 Å². The third-order valence-corrected chi connectivity index (χ3v) is 4.07. The number of ether oxygens (including phenoxy) is 3.